The number of benzene rings is 2. The van der Waals surface area contributed by atoms with E-state index in [-0.39, 0.29) is 5.78 Å². The average molecular weight is 286 g/mol. The zero-order valence-corrected chi connectivity index (χ0v) is 11.6. The molecule has 0 saturated heterocycles. The van der Waals surface area contributed by atoms with Gasteiger partial charge in [-0.25, -0.2) is 0 Å². The molecule has 0 N–H and O–H groups in total. The Kier molecular flexibility index (Phi) is 2.87. The SMILES string of the molecule is C[C@@]1(Cl)C(=O)c2ccccc2N(c2ccccc2)C1=O. The molecule has 2 aromatic rings. The second-order valence-electron chi connectivity index (χ2n) is 4.83. The molecule has 4 heteroatoms. The second kappa shape index (κ2) is 4.46. The van der Waals surface area contributed by atoms with Gasteiger partial charge in [-0.2, -0.15) is 0 Å². The maximum Gasteiger partial charge on any atom is 0.260 e. The van der Waals surface area contributed by atoms with Gasteiger partial charge in [0.25, 0.3) is 5.91 Å². The van der Waals surface area contributed by atoms with E-state index in [9.17, 15) is 9.59 Å². The molecule has 1 aliphatic rings. The largest absolute Gasteiger partial charge is 0.292 e. The first-order valence-electron chi connectivity index (χ1n) is 6.26. The molecule has 0 aliphatic carbocycles. The van der Waals surface area contributed by atoms with Crippen molar-refractivity contribution in [3.8, 4) is 0 Å². The quantitative estimate of drug-likeness (QED) is 0.593. The van der Waals surface area contributed by atoms with Crippen molar-refractivity contribution in [2.75, 3.05) is 4.90 Å². The Hall–Kier alpha value is -2.13. The number of fused-ring (bicyclic) bond motifs is 1. The van der Waals surface area contributed by atoms with Crippen molar-refractivity contribution in [3.63, 3.8) is 0 Å². The first-order chi connectivity index (χ1) is 9.53. The Labute approximate surface area is 121 Å². The third kappa shape index (κ3) is 1.74. The van der Waals surface area contributed by atoms with E-state index in [2.05, 4.69) is 0 Å². The summed E-state index contributed by atoms with van der Waals surface area (Å²) in [5.74, 6) is -0.777. The number of halogens is 1. The molecule has 1 aliphatic heterocycles. The molecule has 1 amide bonds. The number of rotatable bonds is 1. The van der Waals surface area contributed by atoms with Crippen LogP contribution in [0.2, 0.25) is 0 Å². The third-order valence-electron chi connectivity index (χ3n) is 3.44. The highest BCUT2D eigenvalue weighted by atomic mass is 35.5. The summed E-state index contributed by atoms with van der Waals surface area (Å²) in [4.78, 5) is 24.9. The summed E-state index contributed by atoms with van der Waals surface area (Å²) in [6, 6.07) is 16.2. The van der Waals surface area contributed by atoms with E-state index in [0.717, 1.165) is 0 Å². The zero-order valence-electron chi connectivity index (χ0n) is 10.8. The van der Waals surface area contributed by atoms with Crippen molar-refractivity contribution in [2.24, 2.45) is 0 Å². The number of carbonyl (C=O) groups excluding carboxylic acids is 2. The molecule has 0 fully saturated rings. The summed E-state index contributed by atoms with van der Waals surface area (Å²) in [5.41, 5.74) is 1.74. The minimum absolute atomic E-state index is 0.355. The van der Waals surface area contributed by atoms with Gasteiger partial charge in [0.1, 0.15) is 0 Å². The summed E-state index contributed by atoms with van der Waals surface area (Å²) in [5, 5.41) is 0. The number of ketones is 1. The molecule has 0 saturated carbocycles. The van der Waals surface area contributed by atoms with Crippen LogP contribution in [0.1, 0.15) is 17.3 Å². The Morgan fingerprint density at radius 2 is 1.55 bits per heavy atom. The standard InChI is InChI=1S/C16H12ClNO2/c1-16(17)14(19)12-9-5-6-10-13(12)18(15(16)20)11-7-3-2-4-8-11/h2-10H,1H3/t16-/m1/s1. The van der Waals surface area contributed by atoms with E-state index in [1.807, 2.05) is 30.3 Å². The molecule has 0 spiro atoms. The lowest BCUT2D eigenvalue weighted by Crippen LogP contribution is -2.51. The Balaban J connectivity index is 2.26. The van der Waals surface area contributed by atoms with Gasteiger partial charge in [0.05, 0.1) is 5.69 Å². The monoisotopic (exact) mass is 285 g/mol. The number of Topliss-reactive ketones (excluding diaryl/α,β-unsaturated/α-hetero) is 1. The molecular weight excluding hydrogens is 274 g/mol. The van der Waals surface area contributed by atoms with Crippen LogP contribution in [-0.2, 0) is 4.79 Å². The van der Waals surface area contributed by atoms with Crippen LogP contribution in [-0.4, -0.2) is 16.6 Å². The highest BCUT2D eigenvalue weighted by Gasteiger charge is 2.48. The van der Waals surface area contributed by atoms with Gasteiger partial charge in [0.2, 0.25) is 0 Å². The topological polar surface area (TPSA) is 37.4 Å². The lowest BCUT2D eigenvalue weighted by atomic mass is 9.90. The normalized spacial score (nSPS) is 21.8. The van der Waals surface area contributed by atoms with Crippen molar-refractivity contribution >= 4 is 34.7 Å². The van der Waals surface area contributed by atoms with Crippen molar-refractivity contribution in [3.05, 3.63) is 60.2 Å². The smallest absolute Gasteiger partial charge is 0.260 e. The highest BCUT2D eigenvalue weighted by Crippen LogP contribution is 2.40. The minimum Gasteiger partial charge on any atom is -0.292 e. The van der Waals surface area contributed by atoms with E-state index in [4.69, 9.17) is 11.6 Å². The first-order valence-corrected chi connectivity index (χ1v) is 6.63. The van der Waals surface area contributed by atoms with Gasteiger partial charge < -0.3 is 0 Å². The van der Waals surface area contributed by atoms with Crippen LogP contribution < -0.4 is 4.90 Å². The number of hydrogen-bond donors (Lipinski definition) is 0. The van der Waals surface area contributed by atoms with Gasteiger partial charge in [-0.3, -0.25) is 14.5 Å². The molecule has 2 aromatic carbocycles. The number of carbonyl (C=O) groups is 2. The third-order valence-corrected chi connectivity index (χ3v) is 3.77. The van der Waals surface area contributed by atoms with Crippen LogP contribution in [0.4, 0.5) is 11.4 Å². The number of nitrogens with zero attached hydrogens (tertiary/aromatic N) is 1. The number of para-hydroxylation sites is 2. The fraction of sp³-hybridized carbons (Fsp3) is 0.125. The van der Waals surface area contributed by atoms with Gasteiger partial charge in [0, 0.05) is 11.3 Å². The Morgan fingerprint density at radius 1 is 0.950 bits per heavy atom. The maximum absolute atomic E-state index is 12.6. The fourth-order valence-electron chi connectivity index (χ4n) is 2.36. The van der Waals surface area contributed by atoms with Gasteiger partial charge in [-0.1, -0.05) is 41.9 Å². The molecule has 1 heterocycles. The van der Waals surface area contributed by atoms with Crippen LogP contribution in [0.25, 0.3) is 0 Å². The molecule has 0 radical (unpaired) electrons. The second-order valence-corrected chi connectivity index (χ2v) is 5.58. The van der Waals surface area contributed by atoms with Crippen LogP contribution in [0, 0.1) is 0 Å². The molecular formula is C16H12ClNO2. The number of amides is 1. The summed E-state index contributed by atoms with van der Waals surface area (Å²) in [6.07, 6.45) is 0. The number of alkyl halides is 1. The lowest BCUT2D eigenvalue weighted by Gasteiger charge is -2.35. The Morgan fingerprint density at radius 3 is 2.25 bits per heavy atom. The lowest BCUT2D eigenvalue weighted by molar-refractivity contribution is -0.119. The van der Waals surface area contributed by atoms with Crippen LogP contribution in [0.5, 0.6) is 0 Å². The van der Waals surface area contributed by atoms with Crippen LogP contribution in [0.3, 0.4) is 0 Å². The summed E-state index contributed by atoms with van der Waals surface area (Å²) in [6.45, 7) is 1.45. The van der Waals surface area contributed by atoms with Crippen molar-refractivity contribution < 1.29 is 9.59 Å². The van der Waals surface area contributed by atoms with Gasteiger partial charge in [-0.15, -0.1) is 0 Å². The van der Waals surface area contributed by atoms with E-state index < -0.39 is 10.8 Å². The minimum atomic E-state index is -1.57. The van der Waals surface area contributed by atoms with E-state index in [1.165, 1.54) is 11.8 Å². The van der Waals surface area contributed by atoms with Crippen molar-refractivity contribution in [1.82, 2.24) is 0 Å². The molecule has 3 rings (SSSR count). The zero-order chi connectivity index (χ0) is 14.3. The predicted octanol–water partition coefficient (Wildman–Crippen LogP) is 3.55. The van der Waals surface area contributed by atoms with E-state index in [0.29, 0.717) is 16.9 Å². The molecule has 20 heavy (non-hydrogen) atoms. The van der Waals surface area contributed by atoms with Gasteiger partial charge in [-0.05, 0) is 31.2 Å². The van der Waals surface area contributed by atoms with E-state index in [1.54, 1.807) is 24.3 Å². The molecule has 0 unspecified atom stereocenters. The summed E-state index contributed by atoms with van der Waals surface area (Å²) < 4.78 is 0. The van der Waals surface area contributed by atoms with Crippen molar-refractivity contribution in [1.29, 1.82) is 0 Å². The average Bonchev–Trinajstić information content (AvgIpc) is 2.47. The maximum atomic E-state index is 12.6. The fourth-order valence-corrected chi connectivity index (χ4v) is 2.55. The number of hydrogen-bond acceptors (Lipinski definition) is 2. The first kappa shape index (κ1) is 12.9. The highest BCUT2D eigenvalue weighted by molar-refractivity contribution is 6.52. The molecule has 100 valence electrons. The molecule has 1 atom stereocenters. The van der Waals surface area contributed by atoms with Crippen LogP contribution in [0.15, 0.2) is 54.6 Å². The van der Waals surface area contributed by atoms with Crippen LogP contribution >= 0.6 is 11.6 Å². The van der Waals surface area contributed by atoms with Gasteiger partial charge >= 0.3 is 0 Å². The summed E-state index contributed by atoms with van der Waals surface area (Å²) in [7, 11) is 0. The van der Waals surface area contributed by atoms with Gasteiger partial charge in [0.15, 0.2) is 10.7 Å². The predicted molar refractivity (Wildman–Crippen MR) is 78.6 cm³/mol. The molecule has 0 bridgehead atoms. The number of anilines is 2. The Bertz CT molecular complexity index is 695. The molecule has 3 nitrogen and oxygen atoms in total. The molecule has 0 aromatic heterocycles. The summed E-state index contributed by atoms with van der Waals surface area (Å²) >= 11 is 6.20. The van der Waals surface area contributed by atoms with Crippen molar-refractivity contribution in [2.45, 2.75) is 11.8 Å². The van der Waals surface area contributed by atoms with E-state index >= 15 is 0 Å².